The minimum Gasteiger partial charge on any atom is -0.454 e. The van der Waals surface area contributed by atoms with Gasteiger partial charge >= 0.3 is 0 Å². The predicted molar refractivity (Wildman–Crippen MR) is 69.0 cm³/mol. The van der Waals surface area contributed by atoms with Crippen LogP contribution < -0.4 is 9.47 Å². The fourth-order valence-corrected chi connectivity index (χ4v) is 2.03. The van der Waals surface area contributed by atoms with E-state index in [0.717, 1.165) is 17.1 Å². The lowest BCUT2D eigenvalue weighted by Gasteiger charge is -2.26. The molecular weight excluding hydrogens is 254 g/mol. The number of benzene rings is 1. The Hall–Kier alpha value is -1.42. The van der Waals surface area contributed by atoms with Crippen LogP contribution in [-0.4, -0.2) is 29.5 Å². The maximum Gasteiger partial charge on any atom is 0.238 e. The van der Waals surface area contributed by atoms with E-state index in [-0.39, 0.29) is 24.6 Å². The van der Waals surface area contributed by atoms with Crippen LogP contribution in [0.2, 0.25) is 0 Å². The first kappa shape index (κ1) is 13.0. The van der Waals surface area contributed by atoms with Gasteiger partial charge in [0.05, 0.1) is 0 Å². The van der Waals surface area contributed by atoms with Gasteiger partial charge in [-0.1, -0.05) is 6.07 Å². The highest BCUT2D eigenvalue weighted by molar-refractivity contribution is 6.27. The molecule has 1 aliphatic heterocycles. The number of carbonyl (C=O) groups is 1. The quantitative estimate of drug-likeness (QED) is 0.788. The molecule has 0 saturated carbocycles. The number of alkyl halides is 1. The van der Waals surface area contributed by atoms with Gasteiger partial charge in [0.25, 0.3) is 0 Å². The molecule has 5 heteroatoms. The topological polar surface area (TPSA) is 38.8 Å². The Morgan fingerprint density at radius 1 is 1.39 bits per heavy atom. The predicted octanol–water partition coefficient (Wildman–Crippen LogP) is 2.39. The fourth-order valence-electron chi connectivity index (χ4n) is 1.87. The zero-order valence-electron chi connectivity index (χ0n) is 10.5. The Labute approximate surface area is 111 Å². The minimum atomic E-state index is -0.0654. The second-order valence-electron chi connectivity index (χ2n) is 4.44. The number of hydrogen-bond acceptors (Lipinski definition) is 3. The van der Waals surface area contributed by atoms with Crippen LogP contribution >= 0.6 is 11.6 Å². The third-order valence-electron chi connectivity index (χ3n) is 2.85. The summed E-state index contributed by atoms with van der Waals surface area (Å²) in [6.45, 7) is 4.72. The molecule has 1 aromatic carbocycles. The SMILES string of the molecule is CC(C)N(Cc1ccc2c(c1)OCO2)C(=O)CCl. The standard InChI is InChI=1S/C13H16ClNO3/c1-9(2)15(13(16)6-14)7-10-3-4-11-12(5-10)18-8-17-11/h3-5,9H,6-8H2,1-2H3. The van der Waals surface area contributed by atoms with E-state index in [0.29, 0.717) is 6.54 Å². The molecule has 98 valence electrons. The molecule has 4 nitrogen and oxygen atoms in total. The van der Waals surface area contributed by atoms with Crippen LogP contribution in [0.5, 0.6) is 11.5 Å². The van der Waals surface area contributed by atoms with Gasteiger partial charge < -0.3 is 14.4 Å². The van der Waals surface area contributed by atoms with Crippen molar-refractivity contribution in [1.29, 1.82) is 0 Å². The van der Waals surface area contributed by atoms with Crippen molar-refractivity contribution in [3.63, 3.8) is 0 Å². The average molecular weight is 270 g/mol. The molecule has 0 bridgehead atoms. The number of hydrogen-bond donors (Lipinski definition) is 0. The van der Waals surface area contributed by atoms with E-state index in [1.807, 2.05) is 32.0 Å². The van der Waals surface area contributed by atoms with E-state index < -0.39 is 0 Å². The van der Waals surface area contributed by atoms with Crippen LogP contribution in [0.15, 0.2) is 18.2 Å². The zero-order chi connectivity index (χ0) is 13.1. The fraction of sp³-hybridized carbons (Fsp3) is 0.462. The van der Waals surface area contributed by atoms with Gasteiger partial charge in [0.1, 0.15) is 5.88 Å². The normalized spacial score (nSPS) is 12.9. The van der Waals surface area contributed by atoms with E-state index in [9.17, 15) is 4.79 Å². The van der Waals surface area contributed by atoms with Gasteiger partial charge in [0.2, 0.25) is 12.7 Å². The van der Waals surface area contributed by atoms with E-state index in [1.165, 1.54) is 0 Å². The Bertz CT molecular complexity index is 448. The van der Waals surface area contributed by atoms with Crippen molar-refractivity contribution < 1.29 is 14.3 Å². The molecule has 0 atom stereocenters. The lowest BCUT2D eigenvalue weighted by Crippen LogP contribution is -2.37. The second kappa shape index (κ2) is 5.48. The average Bonchev–Trinajstić information content (AvgIpc) is 2.82. The van der Waals surface area contributed by atoms with Gasteiger partial charge in [-0.05, 0) is 31.5 Å². The van der Waals surface area contributed by atoms with Gasteiger partial charge in [-0.3, -0.25) is 4.79 Å². The molecule has 2 rings (SSSR count). The van der Waals surface area contributed by atoms with E-state index >= 15 is 0 Å². The summed E-state index contributed by atoms with van der Waals surface area (Å²) in [6, 6.07) is 5.81. The van der Waals surface area contributed by atoms with Crippen LogP contribution in [0.4, 0.5) is 0 Å². The van der Waals surface area contributed by atoms with Crippen LogP contribution in [0.3, 0.4) is 0 Å². The molecular formula is C13H16ClNO3. The molecule has 1 aromatic rings. The van der Waals surface area contributed by atoms with Crippen LogP contribution in [-0.2, 0) is 11.3 Å². The summed E-state index contributed by atoms with van der Waals surface area (Å²) >= 11 is 5.61. The van der Waals surface area contributed by atoms with Gasteiger partial charge in [0, 0.05) is 12.6 Å². The van der Waals surface area contributed by atoms with Crippen LogP contribution in [0.25, 0.3) is 0 Å². The van der Waals surface area contributed by atoms with E-state index in [2.05, 4.69) is 0 Å². The smallest absolute Gasteiger partial charge is 0.238 e. The first-order valence-electron chi connectivity index (χ1n) is 5.85. The summed E-state index contributed by atoms with van der Waals surface area (Å²) in [5.74, 6) is 1.42. The number of rotatable bonds is 4. The van der Waals surface area contributed by atoms with Gasteiger partial charge in [-0.25, -0.2) is 0 Å². The number of carbonyl (C=O) groups excluding carboxylic acids is 1. The number of amides is 1. The van der Waals surface area contributed by atoms with Crippen molar-refractivity contribution in [2.75, 3.05) is 12.7 Å². The van der Waals surface area contributed by atoms with Gasteiger partial charge in [-0.2, -0.15) is 0 Å². The molecule has 1 aliphatic rings. The molecule has 0 saturated heterocycles. The highest BCUT2D eigenvalue weighted by Crippen LogP contribution is 2.32. The van der Waals surface area contributed by atoms with Crippen molar-refractivity contribution in [2.45, 2.75) is 26.4 Å². The minimum absolute atomic E-state index is 0.00271. The largest absolute Gasteiger partial charge is 0.454 e. The van der Waals surface area contributed by atoms with Crippen molar-refractivity contribution >= 4 is 17.5 Å². The monoisotopic (exact) mass is 269 g/mol. The zero-order valence-corrected chi connectivity index (χ0v) is 11.2. The lowest BCUT2D eigenvalue weighted by atomic mass is 10.1. The number of nitrogens with zero attached hydrogens (tertiary/aromatic N) is 1. The Balaban J connectivity index is 2.14. The maximum absolute atomic E-state index is 11.7. The molecule has 0 aliphatic carbocycles. The van der Waals surface area contributed by atoms with Crippen LogP contribution in [0.1, 0.15) is 19.4 Å². The second-order valence-corrected chi connectivity index (χ2v) is 4.70. The molecule has 18 heavy (non-hydrogen) atoms. The summed E-state index contributed by atoms with van der Waals surface area (Å²) in [4.78, 5) is 13.5. The molecule has 0 spiro atoms. The Morgan fingerprint density at radius 3 is 2.78 bits per heavy atom. The Morgan fingerprint density at radius 2 is 2.11 bits per heavy atom. The summed E-state index contributed by atoms with van der Waals surface area (Å²) < 4.78 is 10.6. The number of ether oxygens (including phenoxy) is 2. The third kappa shape index (κ3) is 2.70. The first-order valence-corrected chi connectivity index (χ1v) is 6.39. The number of fused-ring (bicyclic) bond motifs is 1. The van der Waals surface area contributed by atoms with Crippen molar-refractivity contribution in [2.24, 2.45) is 0 Å². The molecule has 0 fully saturated rings. The highest BCUT2D eigenvalue weighted by atomic mass is 35.5. The van der Waals surface area contributed by atoms with Gasteiger partial charge in [-0.15, -0.1) is 11.6 Å². The molecule has 0 radical (unpaired) electrons. The summed E-state index contributed by atoms with van der Waals surface area (Å²) in [5, 5.41) is 0. The van der Waals surface area contributed by atoms with Crippen molar-refractivity contribution in [1.82, 2.24) is 4.90 Å². The van der Waals surface area contributed by atoms with Crippen molar-refractivity contribution in [3.05, 3.63) is 23.8 Å². The summed E-state index contributed by atoms with van der Waals surface area (Å²) in [7, 11) is 0. The first-order chi connectivity index (χ1) is 8.61. The Kier molecular flexibility index (Phi) is 3.97. The van der Waals surface area contributed by atoms with Crippen LogP contribution in [0, 0.1) is 0 Å². The molecule has 0 N–H and O–H groups in total. The van der Waals surface area contributed by atoms with E-state index in [1.54, 1.807) is 4.90 Å². The summed E-state index contributed by atoms with van der Waals surface area (Å²) in [6.07, 6.45) is 0. The van der Waals surface area contributed by atoms with E-state index in [4.69, 9.17) is 21.1 Å². The maximum atomic E-state index is 11.7. The number of halogens is 1. The van der Waals surface area contributed by atoms with Crippen molar-refractivity contribution in [3.8, 4) is 11.5 Å². The lowest BCUT2D eigenvalue weighted by molar-refractivity contribution is -0.130. The third-order valence-corrected chi connectivity index (χ3v) is 3.08. The summed E-state index contributed by atoms with van der Waals surface area (Å²) in [5.41, 5.74) is 1.01. The van der Waals surface area contributed by atoms with Gasteiger partial charge in [0.15, 0.2) is 11.5 Å². The molecule has 0 unspecified atom stereocenters. The molecule has 0 aromatic heterocycles. The molecule has 1 amide bonds. The molecule has 1 heterocycles. The highest BCUT2D eigenvalue weighted by Gasteiger charge is 2.18.